The summed E-state index contributed by atoms with van der Waals surface area (Å²) in [6, 6.07) is 3.58. The predicted octanol–water partition coefficient (Wildman–Crippen LogP) is 0.151. The van der Waals surface area contributed by atoms with Crippen molar-refractivity contribution in [3.8, 4) is 0 Å². The maximum atomic E-state index is 11.3. The van der Waals surface area contributed by atoms with Crippen LogP contribution in [0.1, 0.15) is 12.5 Å². The van der Waals surface area contributed by atoms with Crippen LogP contribution in [-0.2, 0) is 14.3 Å². The van der Waals surface area contributed by atoms with E-state index in [1.165, 1.54) is 20.1 Å². The minimum atomic E-state index is -0.584. The molecule has 1 aromatic heterocycles. The van der Waals surface area contributed by atoms with Gasteiger partial charge < -0.3 is 10.1 Å². The minimum absolute atomic E-state index is 0.106. The summed E-state index contributed by atoms with van der Waals surface area (Å²) in [5.74, 6) is -0.907. The fourth-order valence-electron chi connectivity index (χ4n) is 1.11. The van der Waals surface area contributed by atoms with E-state index in [1.54, 1.807) is 24.5 Å². The predicted molar refractivity (Wildman–Crippen MR) is 56.8 cm³/mol. The van der Waals surface area contributed by atoms with E-state index in [9.17, 15) is 9.59 Å². The number of carbonyl (C=O) groups excluding carboxylic acids is 2. The molecule has 5 nitrogen and oxygen atoms in total. The number of rotatable bonds is 3. The molecule has 0 saturated carbocycles. The highest BCUT2D eigenvalue weighted by atomic mass is 16.5. The molecule has 0 bridgehead atoms. The van der Waals surface area contributed by atoms with E-state index >= 15 is 0 Å². The number of ether oxygens (including phenoxy) is 1. The number of aromatic nitrogens is 1. The third kappa shape index (κ3) is 3.53. The molecule has 0 spiro atoms. The quantitative estimate of drug-likeness (QED) is 0.583. The highest BCUT2D eigenvalue weighted by molar-refractivity contribution is 5.97. The number of nitrogens with one attached hydrogen (secondary N) is 2. The lowest BCUT2D eigenvalue weighted by Gasteiger charge is -2.04. The first-order valence-electron chi connectivity index (χ1n) is 4.67. The van der Waals surface area contributed by atoms with Crippen LogP contribution in [-0.4, -0.2) is 19.0 Å². The Morgan fingerprint density at radius 1 is 1.50 bits per heavy atom. The Morgan fingerprint density at radius 2 is 2.25 bits per heavy atom. The van der Waals surface area contributed by atoms with Gasteiger partial charge in [0.2, 0.25) is 5.91 Å². The van der Waals surface area contributed by atoms with Crippen LogP contribution in [0.4, 0.5) is 0 Å². The lowest BCUT2D eigenvalue weighted by molar-refractivity contribution is -0.378. The first-order valence-corrected chi connectivity index (χ1v) is 4.67. The summed E-state index contributed by atoms with van der Waals surface area (Å²) in [6.45, 7) is 1.33. The van der Waals surface area contributed by atoms with E-state index in [0.717, 1.165) is 5.56 Å². The summed E-state index contributed by atoms with van der Waals surface area (Å²) in [5, 5.41) is 2.41. The number of aromatic amines is 1. The van der Waals surface area contributed by atoms with Crippen LogP contribution in [0, 0.1) is 0 Å². The maximum absolute atomic E-state index is 11.3. The van der Waals surface area contributed by atoms with Crippen molar-refractivity contribution in [3.63, 3.8) is 0 Å². The highest BCUT2D eigenvalue weighted by Gasteiger charge is 2.11. The topological polar surface area (TPSA) is 69.5 Å². The fraction of sp³-hybridized carbons (Fsp3) is 0.182. The van der Waals surface area contributed by atoms with Gasteiger partial charge in [0.05, 0.1) is 7.11 Å². The molecule has 1 heterocycles. The average Bonchev–Trinajstić information content (AvgIpc) is 2.28. The van der Waals surface area contributed by atoms with Gasteiger partial charge >= 0.3 is 5.97 Å². The molecule has 0 aliphatic rings. The number of hydrogen-bond acceptors (Lipinski definition) is 3. The van der Waals surface area contributed by atoms with Crippen LogP contribution in [0.5, 0.6) is 0 Å². The van der Waals surface area contributed by atoms with Gasteiger partial charge in [-0.3, -0.25) is 4.79 Å². The summed E-state index contributed by atoms with van der Waals surface area (Å²) < 4.78 is 4.55. The van der Waals surface area contributed by atoms with E-state index in [0.29, 0.717) is 0 Å². The van der Waals surface area contributed by atoms with Gasteiger partial charge in [0.25, 0.3) is 0 Å². The van der Waals surface area contributed by atoms with Gasteiger partial charge in [-0.1, -0.05) is 0 Å². The van der Waals surface area contributed by atoms with Crippen LogP contribution < -0.4 is 10.3 Å². The third-order valence-electron chi connectivity index (χ3n) is 1.76. The highest BCUT2D eigenvalue weighted by Crippen LogP contribution is 2.03. The smallest absolute Gasteiger partial charge is 0.354 e. The van der Waals surface area contributed by atoms with E-state index in [-0.39, 0.29) is 11.6 Å². The summed E-state index contributed by atoms with van der Waals surface area (Å²) in [6.07, 6.45) is 4.97. The first-order chi connectivity index (χ1) is 7.63. The molecule has 16 heavy (non-hydrogen) atoms. The largest absolute Gasteiger partial charge is 0.464 e. The Hall–Kier alpha value is -2.17. The zero-order chi connectivity index (χ0) is 12.0. The van der Waals surface area contributed by atoms with E-state index in [1.807, 2.05) is 0 Å². The second-order valence-electron chi connectivity index (χ2n) is 3.07. The first kappa shape index (κ1) is 11.9. The van der Waals surface area contributed by atoms with Crippen molar-refractivity contribution in [2.24, 2.45) is 0 Å². The Kier molecular flexibility index (Phi) is 4.20. The van der Waals surface area contributed by atoms with Gasteiger partial charge in [-0.05, 0) is 12.1 Å². The van der Waals surface area contributed by atoms with Crippen molar-refractivity contribution < 1.29 is 19.3 Å². The van der Waals surface area contributed by atoms with Crippen molar-refractivity contribution in [1.29, 1.82) is 0 Å². The fourth-order valence-corrected chi connectivity index (χ4v) is 1.11. The van der Waals surface area contributed by atoms with E-state index < -0.39 is 5.97 Å². The number of hydrogen-bond donors (Lipinski definition) is 1. The van der Waals surface area contributed by atoms with Gasteiger partial charge in [-0.25, -0.2) is 9.78 Å². The third-order valence-corrected chi connectivity index (χ3v) is 1.76. The van der Waals surface area contributed by atoms with Crippen LogP contribution in [0.2, 0.25) is 0 Å². The number of methoxy groups -OCH3 is 1. The average molecular weight is 221 g/mol. The molecular formula is C11H13N2O3+. The van der Waals surface area contributed by atoms with Gasteiger partial charge in [-0.2, -0.15) is 0 Å². The molecule has 1 rings (SSSR count). The molecule has 0 saturated heterocycles. The van der Waals surface area contributed by atoms with Crippen LogP contribution in [0.3, 0.4) is 0 Å². The van der Waals surface area contributed by atoms with Crippen LogP contribution in [0.15, 0.2) is 30.2 Å². The van der Waals surface area contributed by atoms with Crippen LogP contribution in [0.25, 0.3) is 6.08 Å². The lowest BCUT2D eigenvalue weighted by Crippen LogP contribution is -2.25. The molecule has 5 heteroatoms. The van der Waals surface area contributed by atoms with Crippen molar-refractivity contribution in [2.75, 3.05) is 7.11 Å². The van der Waals surface area contributed by atoms with Crippen molar-refractivity contribution in [2.45, 2.75) is 6.92 Å². The number of carbonyl (C=O) groups is 2. The molecule has 2 N–H and O–H groups in total. The molecule has 0 aliphatic carbocycles. The molecule has 0 fully saturated rings. The molecular weight excluding hydrogens is 208 g/mol. The van der Waals surface area contributed by atoms with Gasteiger partial charge in [0, 0.05) is 18.6 Å². The van der Waals surface area contributed by atoms with Crippen LogP contribution >= 0.6 is 0 Å². The molecule has 0 unspecified atom stereocenters. The Labute approximate surface area is 93.1 Å². The molecule has 0 aromatic carbocycles. The maximum Gasteiger partial charge on any atom is 0.354 e. The molecule has 0 atom stereocenters. The molecule has 1 aromatic rings. The number of pyridine rings is 1. The summed E-state index contributed by atoms with van der Waals surface area (Å²) >= 11 is 0. The number of H-pyrrole nitrogens is 1. The van der Waals surface area contributed by atoms with E-state index in [2.05, 4.69) is 15.0 Å². The van der Waals surface area contributed by atoms with E-state index in [4.69, 9.17) is 0 Å². The number of amides is 1. The zero-order valence-electron chi connectivity index (χ0n) is 9.11. The molecule has 84 valence electrons. The van der Waals surface area contributed by atoms with Gasteiger partial charge in [0.15, 0.2) is 12.4 Å². The van der Waals surface area contributed by atoms with Crippen molar-refractivity contribution in [1.82, 2.24) is 5.32 Å². The normalized spacial score (nSPS) is 10.8. The Bertz CT molecular complexity index is 412. The molecule has 0 radical (unpaired) electrons. The summed E-state index contributed by atoms with van der Waals surface area (Å²) in [5.41, 5.74) is 0.867. The monoisotopic (exact) mass is 221 g/mol. The molecule has 0 aliphatic heterocycles. The standard InChI is InChI=1S/C11H12N2O3/c1-8(14)13-10(11(15)16-2)6-9-4-3-5-12-7-9/h3-7H,1-2H3,(H,13,14)/p+1. The van der Waals surface area contributed by atoms with Crippen molar-refractivity contribution >= 4 is 18.0 Å². The summed E-state index contributed by atoms with van der Waals surface area (Å²) in [4.78, 5) is 25.1. The SMILES string of the molecule is COC(=O)C(=Cc1ccc[nH+]c1)NC(C)=O. The minimum Gasteiger partial charge on any atom is -0.464 e. The second-order valence-corrected chi connectivity index (χ2v) is 3.07. The summed E-state index contributed by atoms with van der Waals surface area (Å²) in [7, 11) is 1.26. The van der Waals surface area contributed by atoms with Gasteiger partial charge in [0.1, 0.15) is 5.70 Å². The molecule has 1 amide bonds. The number of esters is 1. The zero-order valence-corrected chi connectivity index (χ0v) is 9.11. The lowest BCUT2D eigenvalue weighted by atomic mass is 10.2. The van der Waals surface area contributed by atoms with Gasteiger partial charge in [-0.15, -0.1) is 0 Å². The Morgan fingerprint density at radius 3 is 2.75 bits per heavy atom. The second kappa shape index (κ2) is 5.65. The Balaban J connectivity index is 2.96. The van der Waals surface area contributed by atoms with Crippen molar-refractivity contribution in [3.05, 3.63) is 35.8 Å².